The van der Waals surface area contributed by atoms with Crippen molar-refractivity contribution in [3.63, 3.8) is 0 Å². The van der Waals surface area contributed by atoms with Crippen LogP contribution in [0.2, 0.25) is 0 Å². The lowest BCUT2D eigenvalue weighted by molar-refractivity contribution is -0.229. The van der Waals surface area contributed by atoms with E-state index in [1.165, 1.54) is 12.8 Å². The number of carbonyl (C=O) groups excluding carboxylic acids is 1. The fourth-order valence-electron chi connectivity index (χ4n) is 9.74. The number of carbonyl (C=O) groups is 1. The smallest absolute Gasteiger partial charge is 0.168 e. The van der Waals surface area contributed by atoms with E-state index in [0.717, 1.165) is 76.7 Å². The Bertz CT molecular complexity index is 1140. The summed E-state index contributed by atoms with van der Waals surface area (Å²) in [6.07, 6.45) is 11.4. The van der Waals surface area contributed by atoms with Gasteiger partial charge in [-0.25, -0.2) is 0 Å². The van der Waals surface area contributed by atoms with Crippen molar-refractivity contribution in [1.29, 1.82) is 5.26 Å². The Kier molecular flexibility index (Phi) is 7.78. The summed E-state index contributed by atoms with van der Waals surface area (Å²) >= 11 is 0. The minimum Gasteiger partial charge on any atom is -0.491 e. The van der Waals surface area contributed by atoms with E-state index in [-0.39, 0.29) is 5.79 Å². The number of rotatable bonds is 8. The van der Waals surface area contributed by atoms with Gasteiger partial charge in [0.15, 0.2) is 5.79 Å². The van der Waals surface area contributed by atoms with Crippen molar-refractivity contribution >= 4 is 5.78 Å². The van der Waals surface area contributed by atoms with Gasteiger partial charge in [0.25, 0.3) is 0 Å². The maximum absolute atomic E-state index is 13.6. The molecule has 0 amide bonds. The Morgan fingerprint density at radius 1 is 1.07 bits per heavy atom. The molecule has 1 aliphatic heterocycles. The zero-order valence-electron chi connectivity index (χ0n) is 24.8. The van der Waals surface area contributed by atoms with Gasteiger partial charge in [-0.2, -0.15) is 5.26 Å². The van der Waals surface area contributed by atoms with Gasteiger partial charge in [-0.3, -0.25) is 4.79 Å². The summed E-state index contributed by atoms with van der Waals surface area (Å²) in [6, 6.07) is 8.70. The monoisotopic (exact) mass is 548 g/mol. The van der Waals surface area contributed by atoms with Crippen LogP contribution in [0.25, 0.3) is 0 Å². The number of hydrogen-bond acceptors (Lipinski definition) is 6. The van der Waals surface area contributed by atoms with Crippen molar-refractivity contribution in [3.05, 3.63) is 29.3 Å². The van der Waals surface area contributed by atoms with Gasteiger partial charge in [-0.05, 0) is 98.1 Å². The highest BCUT2D eigenvalue weighted by Gasteiger charge is 2.63. The first-order chi connectivity index (χ1) is 19.4. The van der Waals surface area contributed by atoms with Gasteiger partial charge in [0.05, 0.1) is 24.2 Å². The number of ether oxygens (including phenoxy) is 3. The second-order valence-corrected chi connectivity index (χ2v) is 13.8. The average molecular weight is 549 g/mol. The predicted molar refractivity (Wildman–Crippen MR) is 154 cm³/mol. The fraction of sp³-hybridized carbons (Fsp3) is 0.765. The standard InChI is InChI=1S/C34H48N2O4/c1-4-26(5-2)36-21-23-6-7-24(20-35)30(18-23)38-22-33-13-12-28-27(29(33)10-11-31(33)37)9-8-25-19-34(39-16-17-40-34)15-14-32(25,28)3/h6-7,18,25-29,36H,4-5,8-17,19,21-22H2,1-3H3/t25?,27?,28?,29?,32-,33+/m0/s1. The van der Waals surface area contributed by atoms with Crippen LogP contribution in [0.5, 0.6) is 5.75 Å². The minimum atomic E-state index is -0.408. The van der Waals surface area contributed by atoms with Crippen molar-refractivity contribution in [3.8, 4) is 11.8 Å². The van der Waals surface area contributed by atoms with Crippen LogP contribution in [0.3, 0.4) is 0 Å². The van der Waals surface area contributed by atoms with Gasteiger partial charge in [0.1, 0.15) is 24.2 Å². The van der Waals surface area contributed by atoms with Crippen LogP contribution in [0.15, 0.2) is 18.2 Å². The number of nitrogens with one attached hydrogen (secondary N) is 1. The molecular weight excluding hydrogens is 500 g/mol. The quantitative estimate of drug-likeness (QED) is 0.397. The second kappa shape index (κ2) is 11.0. The van der Waals surface area contributed by atoms with E-state index >= 15 is 0 Å². The molecule has 218 valence electrons. The Hall–Kier alpha value is -1.94. The first kappa shape index (κ1) is 28.2. The van der Waals surface area contributed by atoms with E-state index in [1.807, 2.05) is 18.2 Å². The molecule has 4 aliphatic carbocycles. The maximum atomic E-state index is 13.6. The first-order valence-electron chi connectivity index (χ1n) is 16.1. The number of benzene rings is 1. The van der Waals surface area contributed by atoms with E-state index in [1.54, 1.807) is 0 Å². The van der Waals surface area contributed by atoms with E-state index in [2.05, 4.69) is 32.2 Å². The molecule has 6 heteroatoms. The number of Topliss-reactive ketones (excluding diaryl/α,β-unsaturated/α-hetero) is 1. The van der Waals surface area contributed by atoms with Gasteiger partial charge in [-0.1, -0.05) is 26.8 Å². The van der Waals surface area contributed by atoms with Crippen LogP contribution in [0.4, 0.5) is 0 Å². The predicted octanol–water partition coefficient (Wildman–Crippen LogP) is 6.55. The van der Waals surface area contributed by atoms with Crippen molar-refractivity contribution in [2.45, 2.75) is 110 Å². The molecule has 1 spiro atoms. The zero-order valence-corrected chi connectivity index (χ0v) is 24.8. The summed E-state index contributed by atoms with van der Waals surface area (Å²) in [5.41, 5.74) is 1.56. The number of fused-ring (bicyclic) bond motifs is 5. The molecule has 40 heavy (non-hydrogen) atoms. The Labute approximate surface area is 240 Å². The SMILES string of the molecule is CCC(CC)NCc1ccc(C#N)c(OC[C@]23CCC4C(CCC5CC6(CC[C@@]54C)OCCO6)C2CCC3=O)c1. The van der Waals surface area contributed by atoms with Crippen molar-refractivity contribution in [2.75, 3.05) is 19.8 Å². The molecule has 1 heterocycles. The van der Waals surface area contributed by atoms with Gasteiger partial charge in [0, 0.05) is 31.8 Å². The highest BCUT2D eigenvalue weighted by Crippen LogP contribution is 2.66. The summed E-state index contributed by atoms with van der Waals surface area (Å²) in [7, 11) is 0. The molecule has 1 aromatic rings. The first-order valence-corrected chi connectivity index (χ1v) is 16.1. The molecule has 5 fully saturated rings. The molecule has 4 saturated carbocycles. The third-order valence-electron chi connectivity index (χ3n) is 12.2. The number of nitriles is 1. The summed E-state index contributed by atoms with van der Waals surface area (Å²) in [5, 5.41) is 13.4. The third kappa shape index (κ3) is 4.71. The van der Waals surface area contributed by atoms with E-state index in [9.17, 15) is 10.1 Å². The molecule has 0 radical (unpaired) electrons. The maximum Gasteiger partial charge on any atom is 0.168 e. The lowest BCUT2D eigenvalue weighted by atomic mass is 9.45. The summed E-state index contributed by atoms with van der Waals surface area (Å²) in [6.45, 7) is 9.56. The molecule has 1 N–H and O–H groups in total. The van der Waals surface area contributed by atoms with Crippen LogP contribution in [-0.2, 0) is 20.8 Å². The number of ketones is 1. The molecular formula is C34H48N2O4. The zero-order chi connectivity index (χ0) is 28.0. The van der Waals surface area contributed by atoms with Crippen LogP contribution in [0, 0.1) is 45.8 Å². The lowest BCUT2D eigenvalue weighted by Gasteiger charge is -2.61. The molecule has 6 atom stereocenters. The third-order valence-corrected chi connectivity index (χ3v) is 12.2. The van der Waals surface area contributed by atoms with Crippen LogP contribution in [0.1, 0.15) is 103 Å². The molecule has 6 nitrogen and oxygen atoms in total. The highest BCUT2D eigenvalue weighted by atomic mass is 16.7. The molecule has 5 aliphatic rings. The van der Waals surface area contributed by atoms with Gasteiger partial charge in [-0.15, -0.1) is 0 Å². The Morgan fingerprint density at radius 3 is 2.62 bits per heavy atom. The topological polar surface area (TPSA) is 80.6 Å². The van der Waals surface area contributed by atoms with Crippen LogP contribution < -0.4 is 10.1 Å². The van der Waals surface area contributed by atoms with E-state index in [0.29, 0.717) is 65.3 Å². The molecule has 1 aromatic carbocycles. The van der Waals surface area contributed by atoms with E-state index in [4.69, 9.17) is 14.2 Å². The molecule has 0 aromatic heterocycles. The normalized spacial score (nSPS) is 36.2. The second-order valence-electron chi connectivity index (χ2n) is 13.8. The largest absolute Gasteiger partial charge is 0.491 e. The van der Waals surface area contributed by atoms with Gasteiger partial charge >= 0.3 is 0 Å². The molecule has 1 saturated heterocycles. The van der Waals surface area contributed by atoms with Crippen molar-refractivity contribution in [1.82, 2.24) is 5.32 Å². The summed E-state index contributed by atoms with van der Waals surface area (Å²) < 4.78 is 18.8. The molecule has 6 rings (SSSR count). The lowest BCUT2D eigenvalue weighted by Crippen LogP contribution is -2.57. The minimum absolute atomic E-state index is 0.298. The molecule has 4 unspecified atom stereocenters. The number of nitrogens with zero attached hydrogens (tertiary/aromatic N) is 1. The van der Waals surface area contributed by atoms with Crippen molar-refractivity contribution in [2.24, 2.45) is 34.5 Å². The van der Waals surface area contributed by atoms with Gasteiger partial charge in [0.2, 0.25) is 0 Å². The summed E-state index contributed by atoms with van der Waals surface area (Å²) in [4.78, 5) is 13.6. The molecule has 0 bridgehead atoms. The summed E-state index contributed by atoms with van der Waals surface area (Å²) in [5.74, 6) is 2.95. The van der Waals surface area contributed by atoms with Crippen LogP contribution >= 0.6 is 0 Å². The Balaban J connectivity index is 1.18. The fourth-order valence-corrected chi connectivity index (χ4v) is 9.74. The average Bonchev–Trinajstić information content (AvgIpc) is 3.57. The van der Waals surface area contributed by atoms with E-state index < -0.39 is 5.41 Å². The van der Waals surface area contributed by atoms with Crippen LogP contribution in [-0.4, -0.2) is 37.4 Å². The van der Waals surface area contributed by atoms with Gasteiger partial charge < -0.3 is 19.5 Å². The van der Waals surface area contributed by atoms with Crippen molar-refractivity contribution < 1.29 is 19.0 Å². The Morgan fingerprint density at radius 2 is 1.88 bits per heavy atom. The highest BCUT2D eigenvalue weighted by molar-refractivity contribution is 5.87. The number of hydrogen-bond donors (Lipinski definition) is 1.